The minimum Gasteiger partial charge on any atom is -0.493 e. The Morgan fingerprint density at radius 2 is 2.10 bits per heavy atom. The number of nitrogens with zero attached hydrogens (tertiary/aromatic N) is 4. The zero-order valence-electron chi connectivity index (χ0n) is 15.1. The summed E-state index contributed by atoms with van der Waals surface area (Å²) in [6, 6.07) is 11.4. The number of methoxy groups -OCH3 is 1. The van der Waals surface area contributed by atoms with Crippen LogP contribution in [-0.2, 0) is 6.42 Å². The summed E-state index contributed by atoms with van der Waals surface area (Å²) in [5, 5.41) is 24.9. The van der Waals surface area contributed by atoms with E-state index in [0.29, 0.717) is 27.5 Å². The van der Waals surface area contributed by atoms with E-state index < -0.39 is 5.82 Å². The van der Waals surface area contributed by atoms with Gasteiger partial charge in [0, 0.05) is 16.8 Å². The molecule has 0 saturated carbocycles. The average molecular weight is 410 g/mol. The maximum Gasteiger partial charge on any atom is 0.205 e. The van der Waals surface area contributed by atoms with Crippen LogP contribution in [0.3, 0.4) is 0 Å². The number of rotatable bonds is 5. The van der Waals surface area contributed by atoms with E-state index in [1.165, 1.54) is 25.3 Å². The number of benzene rings is 2. The predicted molar refractivity (Wildman–Crippen MR) is 104 cm³/mol. The van der Waals surface area contributed by atoms with Gasteiger partial charge in [0.15, 0.2) is 17.2 Å². The van der Waals surface area contributed by atoms with E-state index in [1.54, 1.807) is 24.4 Å². The Balaban J connectivity index is 1.73. The van der Waals surface area contributed by atoms with E-state index in [0.717, 1.165) is 5.39 Å². The van der Waals surface area contributed by atoms with Crippen LogP contribution >= 0.6 is 11.6 Å². The molecule has 0 saturated heterocycles. The molecular weight excluding hydrogens is 397 g/mol. The molecule has 7 nitrogen and oxygen atoms in total. The number of nitriles is 1. The number of hydrogen-bond donors (Lipinski definition) is 1. The fourth-order valence-corrected chi connectivity index (χ4v) is 3.14. The Kier molecular flexibility index (Phi) is 4.97. The Morgan fingerprint density at radius 1 is 1.24 bits per heavy atom. The molecule has 1 N–H and O–H groups in total. The molecule has 0 aliphatic carbocycles. The first-order valence-corrected chi connectivity index (χ1v) is 8.85. The molecule has 144 valence electrons. The van der Waals surface area contributed by atoms with Crippen molar-refractivity contribution in [1.82, 2.24) is 20.4 Å². The highest BCUT2D eigenvalue weighted by molar-refractivity contribution is 6.30. The molecule has 2 aromatic heterocycles. The molecule has 0 spiro atoms. The second-order valence-corrected chi connectivity index (χ2v) is 6.54. The van der Waals surface area contributed by atoms with Crippen molar-refractivity contribution < 1.29 is 13.9 Å². The van der Waals surface area contributed by atoms with E-state index in [1.807, 2.05) is 6.07 Å². The molecule has 0 amide bonds. The molecule has 0 bridgehead atoms. The van der Waals surface area contributed by atoms with Crippen molar-refractivity contribution in [3.63, 3.8) is 0 Å². The van der Waals surface area contributed by atoms with E-state index in [2.05, 4.69) is 20.4 Å². The fraction of sp³-hybridized carbons (Fsp3) is 0.100. The van der Waals surface area contributed by atoms with Gasteiger partial charge in [-0.15, -0.1) is 5.10 Å². The summed E-state index contributed by atoms with van der Waals surface area (Å²) >= 11 is 6.01. The molecule has 4 rings (SSSR count). The SMILES string of the molecule is COc1ccc(Cc2n[nH]c3nnccc23)c(F)c1Oc1cc(Cl)cc(C#N)c1. The zero-order valence-corrected chi connectivity index (χ0v) is 15.9. The topological polar surface area (TPSA) is 96.7 Å². The van der Waals surface area contributed by atoms with Gasteiger partial charge in [0.05, 0.1) is 30.6 Å². The Bertz CT molecular complexity index is 1250. The van der Waals surface area contributed by atoms with Gasteiger partial charge in [-0.05, 0) is 35.9 Å². The number of fused-ring (bicyclic) bond motifs is 1. The minimum absolute atomic E-state index is 0.101. The van der Waals surface area contributed by atoms with Crippen molar-refractivity contribution in [2.45, 2.75) is 6.42 Å². The fourth-order valence-electron chi connectivity index (χ4n) is 2.92. The van der Waals surface area contributed by atoms with Gasteiger partial charge >= 0.3 is 0 Å². The van der Waals surface area contributed by atoms with Crippen molar-refractivity contribution >= 4 is 22.6 Å². The number of nitrogens with one attached hydrogen (secondary N) is 1. The second-order valence-electron chi connectivity index (χ2n) is 6.10. The number of aromatic nitrogens is 4. The zero-order chi connectivity index (χ0) is 20.4. The summed E-state index contributed by atoms with van der Waals surface area (Å²) in [6.45, 7) is 0. The highest BCUT2D eigenvalue weighted by Crippen LogP contribution is 2.37. The normalized spacial score (nSPS) is 10.7. The standard InChI is InChI=1S/C20H13ClFN5O2/c1-28-17-3-2-12(8-16-15-4-5-24-26-20(15)27-25-16)18(22)19(17)29-14-7-11(10-23)6-13(21)9-14/h2-7,9H,8H2,1H3,(H,25,26,27). The summed E-state index contributed by atoms with van der Waals surface area (Å²) in [4.78, 5) is 0. The molecule has 0 atom stereocenters. The molecule has 0 aliphatic heterocycles. The molecule has 29 heavy (non-hydrogen) atoms. The molecule has 2 heterocycles. The molecule has 0 unspecified atom stereocenters. The van der Waals surface area contributed by atoms with Gasteiger partial charge < -0.3 is 9.47 Å². The third-order valence-corrected chi connectivity index (χ3v) is 4.49. The van der Waals surface area contributed by atoms with Gasteiger partial charge in [0.1, 0.15) is 5.75 Å². The highest BCUT2D eigenvalue weighted by Gasteiger charge is 2.19. The molecule has 0 radical (unpaired) electrons. The number of ether oxygens (including phenoxy) is 2. The maximum atomic E-state index is 15.3. The molecular formula is C20H13ClFN5O2. The van der Waals surface area contributed by atoms with Crippen LogP contribution in [-0.4, -0.2) is 27.5 Å². The van der Waals surface area contributed by atoms with Crippen LogP contribution in [0, 0.1) is 17.1 Å². The first-order valence-electron chi connectivity index (χ1n) is 8.47. The van der Waals surface area contributed by atoms with E-state index in [9.17, 15) is 0 Å². The number of aromatic amines is 1. The lowest BCUT2D eigenvalue weighted by atomic mass is 10.1. The number of hydrogen-bond acceptors (Lipinski definition) is 6. The lowest BCUT2D eigenvalue weighted by molar-refractivity contribution is 0.362. The van der Waals surface area contributed by atoms with Crippen molar-refractivity contribution in [2.24, 2.45) is 0 Å². The van der Waals surface area contributed by atoms with E-state index in [4.69, 9.17) is 26.3 Å². The van der Waals surface area contributed by atoms with Crippen molar-refractivity contribution in [1.29, 1.82) is 5.26 Å². The monoisotopic (exact) mass is 409 g/mol. The summed E-state index contributed by atoms with van der Waals surface area (Å²) in [6.07, 6.45) is 1.75. The molecule has 4 aromatic rings. The quantitative estimate of drug-likeness (QED) is 0.524. The van der Waals surface area contributed by atoms with Crippen LogP contribution in [0.25, 0.3) is 11.0 Å². The third kappa shape index (κ3) is 3.68. The third-order valence-electron chi connectivity index (χ3n) is 4.27. The van der Waals surface area contributed by atoms with Gasteiger partial charge in [0.25, 0.3) is 0 Å². The highest BCUT2D eigenvalue weighted by atomic mass is 35.5. The summed E-state index contributed by atoms with van der Waals surface area (Å²) in [7, 11) is 1.42. The first-order chi connectivity index (χ1) is 14.1. The minimum atomic E-state index is -0.596. The lowest BCUT2D eigenvalue weighted by Crippen LogP contribution is -2.00. The molecule has 0 fully saturated rings. The van der Waals surface area contributed by atoms with Crippen LogP contribution < -0.4 is 9.47 Å². The smallest absolute Gasteiger partial charge is 0.205 e. The Labute approximate surface area is 169 Å². The van der Waals surface area contributed by atoms with Crippen LogP contribution in [0.1, 0.15) is 16.8 Å². The Hall–Kier alpha value is -3.70. The number of H-pyrrole nitrogens is 1. The van der Waals surface area contributed by atoms with Gasteiger partial charge in [-0.25, -0.2) is 4.39 Å². The van der Waals surface area contributed by atoms with Crippen LogP contribution in [0.15, 0.2) is 42.6 Å². The van der Waals surface area contributed by atoms with Crippen molar-refractivity contribution in [3.05, 3.63) is 70.3 Å². The van der Waals surface area contributed by atoms with Gasteiger partial charge in [-0.3, -0.25) is 5.10 Å². The van der Waals surface area contributed by atoms with Crippen LogP contribution in [0.5, 0.6) is 17.2 Å². The van der Waals surface area contributed by atoms with E-state index in [-0.39, 0.29) is 23.7 Å². The lowest BCUT2D eigenvalue weighted by Gasteiger charge is -2.14. The summed E-state index contributed by atoms with van der Waals surface area (Å²) in [5.74, 6) is -0.261. The summed E-state index contributed by atoms with van der Waals surface area (Å²) in [5.41, 5.74) is 1.80. The molecule has 9 heteroatoms. The predicted octanol–water partition coefficient (Wildman–Crippen LogP) is 4.41. The van der Waals surface area contributed by atoms with Crippen LogP contribution in [0.2, 0.25) is 5.02 Å². The molecule has 2 aromatic carbocycles. The Morgan fingerprint density at radius 3 is 2.90 bits per heavy atom. The van der Waals surface area contributed by atoms with Gasteiger partial charge in [-0.1, -0.05) is 17.7 Å². The second kappa shape index (κ2) is 7.73. The summed E-state index contributed by atoms with van der Waals surface area (Å²) < 4.78 is 26.3. The maximum absolute atomic E-state index is 15.3. The largest absolute Gasteiger partial charge is 0.493 e. The van der Waals surface area contributed by atoms with Crippen LogP contribution in [0.4, 0.5) is 4.39 Å². The number of halogens is 2. The first kappa shape index (κ1) is 18.7. The van der Waals surface area contributed by atoms with E-state index >= 15 is 4.39 Å². The molecule has 0 aliphatic rings. The van der Waals surface area contributed by atoms with Gasteiger partial charge in [-0.2, -0.15) is 15.5 Å². The van der Waals surface area contributed by atoms with Crippen molar-refractivity contribution in [3.8, 4) is 23.3 Å². The average Bonchev–Trinajstić information content (AvgIpc) is 3.13. The van der Waals surface area contributed by atoms with Gasteiger partial charge in [0.2, 0.25) is 5.75 Å². The van der Waals surface area contributed by atoms with Crippen molar-refractivity contribution in [2.75, 3.05) is 7.11 Å².